The van der Waals surface area contributed by atoms with Gasteiger partial charge in [-0.15, -0.1) is 11.3 Å². The molecule has 3 aromatic rings. The SMILES string of the molecule is Cc1nc(C(=O)N2CCN(C(=O)COc3ccc(F)cc3)CC2)c(-c2ccc(F)cc2)s1. The minimum absolute atomic E-state index is 0.153. The van der Waals surface area contributed by atoms with Crippen molar-refractivity contribution in [3.05, 3.63) is 70.9 Å². The van der Waals surface area contributed by atoms with E-state index < -0.39 is 0 Å². The number of amides is 2. The standard InChI is InChI=1S/C23H21F2N3O3S/c1-15-26-21(22(32-15)16-2-4-17(24)5-3-16)23(30)28-12-10-27(11-13-28)20(29)14-31-19-8-6-18(25)7-9-19/h2-9H,10-14H2,1H3. The smallest absolute Gasteiger partial charge is 0.274 e. The molecule has 0 unspecified atom stereocenters. The van der Waals surface area contributed by atoms with Gasteiger partial charge in [0.25, 0.3) is 11.8 Å². The van der Waals surface area contributed by atoms with E-state index in [4.69, 9.17) is 4.74 Å². The zero-order valence-corrected chi connectivity index (χ0v) is 18.2. The van der Waals surface area contributed by atoms with E-state index >= 15 is 0 Å². The molecular formula is C23H21F2N3O3S. The Kier molecular flexibility index (Phi) is 6.45. The van der Waals surface area contributed by atoms with E-state index in [2.05, 4.69) is 4.98 Å². The number of benzene rings is 2. The molecule has 4 rings (SSSR count). The average molecular weight is 458 g/mol. The summed E-state index contributed by atoms with van der Waals surface area (Å²) in [6, 6.07) is 11.5. The summed E-state index contributed by atoms with van der Waals surface area (Å²) in [6.07, 6.45) is 0. The second-order valence-electron chi connectivity index (χ2n) is 7.33. The Morgan fingerprint density at radius 3 is 2.12 bits per heavy atom. The fourth-order valence-electron chi connectivity index (χ4n) is 3.44. The summed E-state index contributed by atoms with van der Waals surface area (Å²) < 4.78 is 31.7. The Morgan fingerprint density at radius 2 is 1.50 bits per heavy atom. The van der Waals surface area contributed by atoms with Gasteiger partial charge in [-0.1, -0.05) is 12.1 Å². The molecule has 2 aromatic carbocycles. The van der Waals surface area contributed by atoms with Crippen LogP contribution in [0.2, 0.25) is 0 Å². The Balaban J connectivity index is 1.36. The summed E-state index contributed by atoms with van der Waals surface area (Å²) in [5.74, 6) is -0.698. The largest absolute Gasteiger partial charge is 0.484 e. The lowest BCUT2D eigenvalue weighted by molar-refractivity contribution is -0.134. The van der Waals surface area contributed by atoms with E-state index in [0.29, 0.717) is 42.5 Å². The fraction of sp³-hybridized carbons (Fsp3) is 0.261. The topological polar surface area (TPSA) is 62.7 Å². The highest BCUT2D eigenvalue weighted by atomic mass is 32.1. The molecule has 0 bridgehead atoms. The van der Waals surface area contributed by atoms with Crippen molar-refractivity contribution < 1.29 is 23.1 Å². The second-order valence-corrected chi connectivity index (χ2v) is 8.54. The van der Waals surface area contributed by atoms with Crippen molar-refractivity contribution in [1.29, 1.82) is 0 Å². The Morgan fingerprint density at radius 1 is 0.938 bits per heavy atom. The maximum atomic E-state index is 13.3. The molecule has 0 aliphatic carbocycles. The summed E-state index contributed by atoms with van der Waals surface area (Å²) in [6.45, 7) is 3.19. The molecule has 32 heavy (non-hydrogen) atoms. The van der Waals surface area contributed by atoms with Crippen LogP contribution in [0.5, 0.6) is 5.75 Å². The zero-order chi connectivity index (χ0) is 22.7. The summed E-state index contributed by atoms with van der Waals surface area (Å²) in [5.41, 5.74) is 1.09. The quantitative estimate of drug-likeness (QED) is 0.585. The molecule has 2 heterocycles. The van der Waals surface area contributed by atoms with Crippen LogP contribution in [0.3, 0.4) is 0 Å². The lowest BCUT2D eigenvalue weighted by Gasteiger charge is -2.34. The minimum atomic E-state index is -0.373. The van der Waals surface area contributed by atoms with Gasteiger partial charge in [0.1, 0.15) is 23.1 Å². The Bertz CT molecular complexity index is 1110. The van der Waals surface area contributed by atoms with Gasteiger partial charge in [0, 0.05) is 26.2 Å². The van der Waals surface area contributed by atoms with Gasteiger partial charge >= 0.3 is 0 Å². The van der Waals surface area contributed by atoms with E-state index in [0.717, 1.165) is 10.6 Å². The van der Waals surface area contributed by atoms with Crippen molar-refractivity contribution in [2.45, 2.75) is 6.92 Å². The van der Waals surface area contributed by atoms with Crippen LogP contribution >= 0.6 is 11.3 Å². The summed E-state index contributed by atoms with van der Waals surface area (Å²) in [4.78, 5) is 34.0. The van der Waals surface area contributed by atoms with Crippen LogP contribution in [-0.4, -0.2) is 59.4 Å². The van der Waals surface area contributed by atoms with Gasteiger partial charge < -0.3 is 14.5 Å². The molecule has 166 valence electrons. The summed E-state index contributed by atoms with van der Waals surface area (Å²) in [7, 11) is 0. The van der Waals surface area contributed by atoms with Gasteiger partial charge in [-0.05, 0) is 48.9 Å². The first-order valence-corrected chi connectivity index (χ1v) is 10.9. The number of hydrogen-bond donors (Lipinski definition) is 0. The number of halogens is 2. The highest BCUT2D eigenvalue weighted by molar-refractivity contribution is 7.15. The van der Waals surface area contributed by atoms with Crippen LogP contribution in [0, 0.1) is 18.6 Å². The molecule has 1 aliphatic heterocycles. The van der Waals surface area contributed by atoms with Gasteiger partial charge in [0.05, 0.1) is 9.88 Å². The molecule has 1 aromatic heterocycles. The van der Waals surface area contributed by atoms with Crippen LogP contribution in [0.25, 0.3) is 10.4 Å². The number of aryl methyl sites for hydroxylation is 1. The predicted molar refractivity (Wildman–Crippen MR) is 117 cm³/mol. The molecule has 0 radical (unpaired) electrons. The normalized spacial score (nSPS) is 13.8. The van der Waals surface area contributed by atoms with Gasteiger partial charge in [-0.3, -0.25) is 9.59 Å². The van der Waals surface area contributed by atoms with Crippen molar-refractivity contribution in [2.75, 3.05) is 32.8 Å². The Hall–Kier alpha value is -3.33. The van der Waals surface area contributed by atoms with Crippen LogP contribution in [0.15, 0.2) is 48.5 Å². The average Bonchev–Trinajstić information content (AvgIpc) is 3.20. The van der Waals surface area contributed by atoms with Gasteiger partial charge in [0.2, 0.25) is 0 Å². The number of hydrogen-bond acceptors (Lipinski definition) is 5. The van der Waals surface area contributed by atoms with Crippen molar-refractivity contribution >= 4 is 23.2 Å². The summed E-state index contributed by atoms with van der Waals surface area (Å²) >= 11 is 1.39. The van der Waals surface area contributed by atoms with E-state index in [1.165, 1.54) is 47.7 Å². The molecule has 0 spiro atoms. The highest BCUT2D eigenvalue weighted by Crippen LogP contribution is 2.31. The van der Waals surface area contributed by atoms with E-state index in [1.807, 2.05) is 6.92 Å². The number of carbonyl (C=O) groups excluding carboxylic acids is 2. The lowest BCUT2D eigenvalue weighted by Crippen LogP contribution is -2.51. The molecule has 0 saturated carbocycles. The van der Waals surface area contributed by atoms with Crippen LogP contribution < -0.4 is 4.74 Å². The Labute approximate surface area is 188 Å². The maximum absolute atomic E-state index is 13.3. The number of ether oxygens (including phenoxy) is 1. The minimum Gasteiger partial charge on any atom is -0.484 e. The number of piperazine rings is 1. The maximum Gasteiger partial charge on any atom is 0.274 e. The molecule has 0 N–H and O–H groups in total. The fourth-order valence-corrected chi connectivity index (χ4v) is 4.36. The summed E-state index contributed by atoms with van der Waals surface area (Å²) in [5, 5.41) is 0.749. The molecule has 2 amide bonds. The monoisotopic (exact) mass is 457 g/mol. The van der Waals surface area contributed by atoms with Crippen molar-refractivity contribution in [2.24, 2.45) is 0 Å². The van der Waals surface area contributed by atoms with E-state index in [-0.39, 0.29) is 30.1 Å². The van der Waals surface area contributed by atoms with Crippen molar-refractivity contribution in [3.8, 4) is 16.2 Å². The number of rotatable bonds is 5. The van der Waals surface area contributed by atoms with E-state index in [1.54, 1.807) is 21.9 Å². The predicted octanol–water partition coefficient (Wildman–Crippen LogP) is 3.76. The molecule has 1 aliphatic rings. The first-order valence-electron chi connectivity index (χ1n) is 10.1. The number of thiazole rings is 1. The third-order valence-corrected chi connectivity index (χ3v) is 6.16. The van der Waals surface area contributed by atoms with Crippen molar-refractivity contribution in [3.63, 3.8) is 0 Å². The number of nitrogens with zero attached hydrogens (tertiary/aromatic N) is 3. The molecule has 9 heteroatoms. The van der Waals surface area contributed by atoms with Gasteiger partial charge in [-0.2, -0.15) is 0 Å². The molecule has 1 saturated heterocycles. The van der Waals surface area contributed by atoms with Gasteiger partial charge in [0.15, 0.2) is 6.61 Å². The van der Waals surface area contributed by atoms with Crippen LogP contribution in [-0.2, 0) is 4.79 Å². The van der Waals surface area contributed by atoms with Gasteiger partial charge in [-0.25, -0.2) is 13.8 Å². The lowest BCUT2D eigenvalue weighted by atomic mass is 10.1. The third-order valence-electron chi connectivity index (χ3n) is 5.14. The van der Waals surface area contributed by atoms with Crippen LogP contribution in [0.4, 0.5) is 8.78 Å². The second kappa shape index (κ2) is 9.44. The molecule has 0 atom stereocenters. The van der Waals surface area contributed by atoms with E-state index in [9.17, 15) is 18.4 Å². The first kappa shape index (κ1) is 21.9. The third kappa shape index (κ3) is 4.94. The van der Waals surface area contributed by atoms with Crippen molar-refractivity contribution in [1.82, 2.24) is 14.8 Å². The molecule has 1 fully saturated rings. The molecular weight excluding hydrogens is 436 g/mol. The number of aromatic nitrogens is 1. The zero-order valence-electron chi connectivity index (χ0n) is 17.4. The highest BCUT2D eigenvalue weighted by Gasteiger charge is 2.28. The number of carbonyl (C=O) groups is 2. The molecule has 6 nitrogen and oxygen atoms in total. The van der Waals surface area contributed by atoms with Crippen LogP contribution in [0.1, 0.15) is 15.5 Å². The first-order chi connectivity index (χ1) is 15.4.